The molecule has 0 spiro atoms. The van der Waals surface area contributed by atoms with E-state index < -0.39 is 16.9 Å². The molecular formula is C34H44N4O7. The van der Waals surface area contributed by atoms with Crippen molar-refractivity contribution in [2.75, 3.05) is 64.9 Å². The molecule has 2 aromatic carbocycles. The van der Waals surface area contributed by atoms with Crippen LogP contribution in [0.15, 0.2) is 42.5 Å². The van der Waals surface area contributed by atoms with Crippen LogP contribution in [0.1, 0.15) is 58.9 Å². The number of nitro groups is 1. The first-order chi connectivity index (χ1) is 21.7. The number of rotatable bonds is 9. The highest BCUT2D eigenvalue weighted by atomic mass is 16.6. The average Bonchev–Trinajstić information content (AvgIpc) is 3.06. The van der Waals surface area contributed by atoms with Gasteiger partial charge in [0.25, 0.3) is 5.69 Å². The normalized spacial score (nSPS) is 22.7. The van der Waals surface area contributed by atoms with Crippen molar-refractivity contribution in [3.63, 3.8) is 0 Å². The Morgan fingerprint density at radius 2 is 1.53 bits per heavy atom. The molecule has 1 aliphatic carbocycles. The fraction of sp³-hybridized carbons (Fsp3) is 0.559. The topological polar surface area (TPSA) is 123 Å². The minimum absolute atomic E-state index is 0.0317. The summed E-state index contributed by atoms with van der Waals surface area (Å²) in [4.78, 5) is 55.9. The third kappa shape index (κ3) is 7.64. The van der Waals surface area contributed by atoms with Gasteiger partial charge in [0.2, 0.25) is 5.91 Å². The highest BCUT2D eigenvalue weighted by Gasteiger charge is 2.43. The minimum Gasteiger partial charge on any atom is -0.465 e. The van der Waals surface area contributed by atoms with Gasteiger partial charge in [-0.1, -0.05) is 19.8 Å². The number of ether oxygens (including phenoxy) is 2. The van der Waals surface area contributed by atoms with Crippen molar-refractivity contribution in [1.29, 1.82) is 0 Å². The van der Waals surface area contributed by atoms with Gasteiger partial charge >= 0.3 is 11.9 Å². The number of methoxy groups -OCH3 is 2. The van der Waals surface area contributed by atoms with E-state index in [1.807, 2.05) is 4.90 Å². The van der Waals surface area contributed by atoms with Gasteiger partial charge in [0, 0.05) is 63.6 Å². The van der Waals surface area contributed by atoms with E-state index in [9.17, 15) is 24.5 Å². The van der Waals surface area contributed by atoms with Crippen LogP contribution >= 0.6 is 0 Å². The molecule has 0 radical (unpaired) electrons. The number of amides is 1. The molecule has 5 rings (SSSR count). The molecule has 2 aromatic rings. The van der Waals surface area contributed by atoms with Crippen LogP contribution in [0.2, 0.25) is 0 Å². The number of esters is 2. The number of anilines is 1. The Bertz CT molecular complexity index is 1360. The Morgan fingerprint density at radius 1 is 0.911 bits per heavy atom. The average molecular weight is 621 g/mol. The molecule has 0 bridgehead atoms. The molecule has 1 amide bonds. The number of piperazine rings is 1. The van der Waals surface area contributed by atoms with Gasteiger partial charge in [-0.15, -0.1) is 0 Å². The Kier molecular flexibility index (Phi) is 10.4. The van der Waals surface area contributed by atoms with E-state index >= 15 is 0 Å². The number of fused-ring (bicyclic) bond motifs is 1. The van der Waals surface area contributed by atoms with Gasteiger partial charge in [-0.3, -0.25) is 14.9 Å². The summed E-state index contributed by atoms with van der Waals surface area (Å²) < 4.78 is 9.80. The molecule has 4 atom stereocenters. The fourth-order valence-corrected chi connectivity index (χ4v) is 7.62. The molecule has 0 N–H and O–H groups in total. The SMILES string of the molecule is COC(=O)c1cc(CC(C)CN2C[C@@H]3CCCC[C@@H]3[C@H](C(=O)N3CCN(c4ccc([N+](=O)[O-])cc4)CC3)C2)cc(C(=O)OC)c1. The predicted octanol–water partition coefficient (Wildman–Crippen LogP) is 4.43. The van der Waals surface area contributed by atoms with E-state index in [1.165, 1.54) is 45.3 Å². The number of hydrogen-bond donors (Lipinski definition) is 0. The molecule has 1 unspecified atom stereocenters. The molecule has 11 nitrogen and oxygen atoms in total. The molecule has 2 heterocycles. The van der Waals surface area contributed by atoms with Crippen molar-refractivity contribution in [2.45, 2.75) is 39.0 Å². The van der Waals surface area contributed by atoms with E-state index in [0.717, 1.165) is 43.7 Å². The lowest BCUT2D eigenvalue weighted by Crippen LogP contribution is -2.57. The second-order valence-corrected chi connectivity index (χ2v) is 12.8. The summed E-state index contributed by atoms with van der Waals surface area (Å²) in [6, 6.07) is 11.7. The van der Waals surface area contributed by atoms with Gasteiger partial charge in [0.15, 0.2) is 0 Å². The smallest absolute Gasteiger partial charge is 0.337 e. The molecule has 11 heteroatoms. The second kappa shape index (κ2) is 14.4. The van der Waals surface area contributed by atoms with E-state index in [4.69, 9.17) is 9.47 Å². The number of nitro benzene ring substituents is 1. The van der Waals surface area contributed by atoms with Crippen LogP contribution in [0, 0.1) is 33.8 Å². The monoisotopic (exact) mass is 620 g/mol. The van der Waals surface area contributed by atoms with Crippen molar-refractivity contribution in [1.82, 2.24) is 9.80 Å². The summed E-state index contributed by atoms with van der Waals surface area (Å²) in [5.74, 6) is 0.364. The van der Waals surface area contributed by atoms with Crippen LogP contribution < -0.4 is 4.90 Å². The molecule has 242 valence electrons. The largest absolute Gasteiger partial charge is 0.465 e. The van der Waals surface area contributed by atoms with E-state index in [0.29, 0.717) is 55.6 Å². The number of carbonyl (C=O) groups is 3. The number of non-ortho nitro benzene ring substituents is 1. The maximum atomic E-state index is 14.1. The molecule has 2 saturated heterocycles. The Balaban J connectivity index is 1.23. The zero-order valence-corrected chi connectivity index (χ0v) is 26.5. The van der Waals surface area contributed by atoms with Crippen molar-refractivity contribution < 1.29 is 28.8 Å². The lowest BCUT2D eigenvalue weighted by atomic mass is 9.69. The van der Waals surface area contributed by atoms with Crippen molar-refractivity contribution in [3.8, 4) is 0 Å². The number of piperidine rings is 1. The maximum Gasteiger partial charge on any atom is 0.337 e. The maximum absolute atomic E-state index is 14.1. The number of carbonyl (C=O) groups excluding carboxylic acids is 3. The van der Waals surface area contributed by atoms with Crippen LogP contribution in [0.3, 0.4) is 0 Å². The molecule has 45 heavy (non-hydrogen) atoms. The summed E-state index contributed by atoms with van der Waals surface area (Å²) in [5, 5.41) is 11.0. The van der Waals surface area contributed by atoms with Gasteiger partial charge in [-0.05, 0) is 72.9 Å². The van der Waals surface area contributed by atoms with Crippen molar-refractivity contribution in [2.24, 2.45) is 23.7 Å². The van der Waals surface area contributed by atoms with Crippen LogP contribution in [-0.2, 0) is 20.7 Å². The first-order valence-electron chi connectivity index (χ1n) is 16.0. The predicted molar refractivity (Wildman–Crippen MR) is 169 cm³/mol. The van der Waals surface area contributed by atoms with Gasteiger partial charge in [-0.2, -0.15) is 0 Å². The third-order valence-electron chi connectivity index (χ3n) is 9.76. The highest BCUT2D eigenvalue weighted by Crippen LogP contribution is 2.40. The minimum atomic E-state index is -0.496. The second-order valence-electron chi connectivity index (χ2n) is 12.8. The number of likely N-dealkylation sites (tertiary alicyclic amines) is 1. The Labute approximate surface area is 264 Å². The Hall–Kier alpha value is -3.99. The van der Waals surface area contributed by atoms with Crippen LogP contribution in [0.25, 0.3) is 0 Å². The van der Waals surface area contributed by atoms with E-state index in [2.05, 4.69) is 16.7 Å². The summed E-state index contributed by atoms with van der Waals surface area (Å²) in [5.41, 5.74) is 2.53. The van der Waals surface area contributed by atoms with Gasteiger partial charge < -0.3 is 24.2 Å². The molecular weight excluding hydrogens is 576 g/mol. The number of benzene rings is 2. The standard InChI is InChI=1S/C34H44N4O7/c1-23(16-24-17-26(33(40)44-2)19-27(18-24)34(41)45-3)20-35-21-25-6-4-5-7-30(25)31(22-35)32(39)37-14-12-36(13-15-37)28-8-10-29(11-9-28)38(42)43/h8-11,17-19,23,25,30-31H,4-7,12-16,20-22H2,1-3H3/t23?,25-,30-,31+/m0/s1. The molecule has 3 fully saturated rings. The van der Waals surface area contributed by atoms with E-state index in [1.54, 1.807) is 24.3 Å². The first kappa shape index (κ1) is 32.4. The summed E-state index contributed by atoms with van der Waals surface area (Å²) >= 11 is 0. The zero-order valence-electron chi connectivity index (χ0n) is 26.5. The number of nitrogens with zero attached hydrogens (tertiary/aromatic N) is 4. The first-order valence-corrected chi connectivity index (χ1v) is 16.0. The van der Waals surface area contributed by atoms with Gasteiger partial charge in [0.1, 0.15) is 0 Å². The van der Waals surface area contributed by atoms with Crippen LogP contribution in [0.4, 0.5) is 11.4 Å². The lowest BCUT2D eigenvalue weighted by Gasteiger charge is -2.48. The van der Waals surface area contributed by atoms with Crippen molar-refractivity contribution >= 4 is 29.2 Å². The van der Waals surface area contributed by atoms with E-state index in [-0.39, 0.29) is 23.4 Å². The van der Waals surface area contributed by atoms with Crippen LogP contribution in [-0.4, -0.2) is 92.6 Å². The summed E-state index contributed by atoms with van der Waals surface area (Å²) in [7, 11) is 2.64. The summed E-state index contributed by atoms with van der Waals surface area (Å²) in [6.45, 7) is 7.39. The molecule has 2 aliphatic heterocycles. The molecule has 3 aliphatic rings. The highest BCUT2D eigenvalue weighted by molar-refractivity contribution is 5.95. The lowest BCUT2D eigenvalue weighted by molar-refractivity contribution is -0.384. The fourth-order valence-electron chi connectivity index (χ4n) is 7.62. The van der Waals surface area contributed by atoms with Gasteiger partial charge in [0.05, 0.1) is 36.2 Å². The number of hydrogen-bond acceptors (Lipinski definition) is 9. The molecule has 0 aromatic heterocycles. The molecule has 1 saturated carbocycles. The zero-order chi connectivity index (χ0) is 32.1. The summed E-state index contributed by atoms with van der Waals surface area (Å²) in [6.07, 6.45) is 5.30. The van der Waals surface area contributed by atoms with Crippen LogP contribution in [0.5, 0.6) is 0 Å². The quantitative estimate of drug-likeness (QED) is 0.228. The van der Waals surface area contributed by atoms with Crippen molar-refractivity contribution in [3.05, 3.63) is 69.3 Å². The Morgan fingerprint density at radius 3 is 2.13 bits per heavy atom. The van der Waals surface area contributed by atoms with Gasteiger partial charge in [-0.25, -0.2) is 9.59 Å². The third-order valence-corrected chi connectivity index (χ3v) is 9.76.